The zero-order valence-electron chi connectivity index (χ0n) is 12.4. The maximum absolute atomic E-state index is 3.46. The maximum atomic E-state index is 3.46. The summed E-state index contributed by atoms with van der Waals surface area (Å²) < 4.78 is 0. The number of nitrogens with zero attached hydrogens (tertiary/aromatic N) is 1. The van der Waals surface area contributed by atoms with E-state index in [1.807, 2.05) is 0 Å². The van der Waals surface area contributed by atoms with Gasteiger partial charge < -0.3 is 10.2 Å². The summed E-state index contributed by atoms with van der Waals surface area (Å²) in [6.45, 7) is 9.81. The number of benzene rings is 1. The summed E-state index contributed by atoms with van der Waals surface area (Å²) in [7, 11) is 2.20. The predicted molar refractivity (Wildman–Crippen MR) is 79.7 cm³/mol. The lowest BCUT2D eigenvalue weighted by Gasteiger charge is -2.17. The van der Waals surface area contributed by atoms with Crippen molar-refractivity contribution in [3.8, 4) is 0 Å². The molecular formula is C16H28N2. The van der Waals surface area contributed by atoms with Crippen LogP contribution in [0.5, 0.6) is 0 Å². The molecule has 1 rings (SSSR count). The van der Waals surface area contributed by atoms with Gasteiger partial charge in [-0.3, -0.25) is 0 Å². The Hall–Kier alpha value is -0.860. The highest BCUT2D eigenvalue weighted by Gasteiger charge is 2.01. The fourth-order valence-electron chi connectivity index (χ4n) is 1.98. The minimum absolute atomic E-state index is 0.542. The van der Waals surface area contributed by atoms with Crippen LogP contribution in [-0.2, 0) is 13.1 Å². The van der Waals surface area contributed by atoms with E-state index >= 15 is 0 Å². The van der Waals surface area contributed by atoms with Crippen LogP contribution in [0.3, 0.4) is 0 Å². The van der Waals surface area contributed by atoms with Crippen molar-refractivity contribution in [2.45, 2.75) is 52.7 Å². The Labute approximate surface area is 112 Å². The van der Waals surface area contributed by atoms with Crippen LogP contribution in [0.15, 0.2) is 24.3 Å². The predicted octanol–water partition coefficient (Wildman–Crippen LogP) is 3.42. The van der Waals surface area contributed by atoms with Gasteiger partial charge in [-0.05, 0) is 31.1 Å². The average molecular weight is 248 g/mol. The van der Waals surface area contributed by atoms with Gasteiger partial charge in [0, 0.05) is 19.1 Å². The van der Waals surface area contributed by atoms with Gasteiger partial charge >= 0.3 is 0 Å². The zero-order chi connectivity index (χ0) is 13.4. The number of rotatable bonds is 8. The van der Waals surface area contributed by atoms with Crippen LogP contribution < -0.4 is 5.32 Å². The van der Waals surface area contributed by atoms with E-state index in [1.165, 1.54) is 30.5 Å². The van der Waals surface area contributed by atoms with E-state index in [4.69, 9.17) is 0 Å². The van der Waals surface area contributed by atoms with Gasteiger partial charge in [-0.25, -0.2) is 0 Å². The molecule has 0 radical (unpaired) electrons. The zero-order valence-corrected chi connectivity index (χ0v) is 12.4. The van der Waals surface area contributed by atoms with Gasteiger partial charge in [0.1, 0.15) is 0 Å². The van der Waals surface area contributed by atoms with Crippen molar-refractivity contribution in [1.82, 2.24) is 10.2 Å². The Balaban J connectivity index is 2.48. The second-order valence-electron chi connectivity index (χ2n) is 5.45. The molecule has 1 N–H and O–H groups in total. The van der Waals surface area contributed by atoms with E-state index in [2.05, 4.69) is 62.3 Å². The Morgan fingerprint density at radius 2 is 1.94 bits per heavy atom. The Bertz CT molecular complexity index is 334. The monoisotopic (exact) mass is 248 g/mol. The van der Waals surface area contributed by atoms with E-state index < -0.39 is 0 Å². The topological polar surface area (TPSA) is 15.3 Å². The quantitative estimate of drug-likeness (QED) is 0.758. The maximum Gasteiger partial charge on any atom is 0.0230 e. The van der Waals surface area contributed by atoms with Gasteiger partial charge in [-0.1, -0.05) is 51.5 Å². The lowest BCUT2D eigenvalue weighted by Crippen LogP contribution is -2.22. The van der Waals surface area contributed by atoms with Crippen LogP contribution in [-0.4, -0.2) is 24.5 Å². The van der Waals surface area contributed by atoms with Gasteiger partial charge in [-0.2, -0.15) is 0 Å². The highest BCUT2D eigenvalue weighted by molar-refractivity contribution is 5.23. The summed E-state index contributed by atoms with van der Waals surface area (Å²) in [5.74, 6) is 0. The van der Waals surface area contributed by atoms with Gasteiger partial charge in [-0.15, -0.1) is 0 Å². The molecule has 102 valence electrons. The third kappa shape index (κ3) is 6.18. The first-order valence-electron chi connectivity index (χ1n) is 7.11. The number of unbranched alkanes of at least 4 members (excludes halogenated alkanes) is 1. The molecule has 0 fully saturated rings. The van der Waals surface area contributed by atoms with E-state index in [0.717, 1.165) is 13.1 Å². The number of nitrogens with one attached hydrogen (secondary N) is 1. The van der Waals surface area contributed by atoms with E-state index in [1.54, 1.807) is 0 Å². The molecule has 0 spiro atoms. The minimum Gasteiger partial charge on any atom is -0.310 e. The fraction of sp³-hybridized carbons (Fsp3) is 0.625. The SMILES string of the molecule is CCCCN(C)Cc1cccc(CNC(C)C)c1. The van der Waals surface area contributed by atoms with Crippen LogP contribution in [0, 0.1) is 0 Å². The molecule has 0 aliphatic rings. The normalized spacial score (nSPS) is 11.4. The molecule has 0 bridgehead atoms. The van der Waals surface area contributed by atoms with E-state index in [-0.39, 0.29) is 0 Å². The largest absolute Gasteiger partial charge is 0.310 e. The second kappa shape index (κ2) is 8.28. The molecule has 0 atom stereocenters. The van der Waals surface area contributed by atoms with Gasteiger partial charge in [0.25, 0.3) is 0 Å². The molecule has 1 aromatic rings. The van der Waals surface area contributed by atoms with Crippen molar-refractivity contribution in [2.75, 3.05) is 13.6 Å². The van der Waals surface area contributed by atoms with Gasteiger partial charge in [0.05, 0.1) is 0 Å². The molecule has 0 aliphatic heterocycles. The number of hydrogen-bond donors (Lipinski definition) is 1. The second-order valence-corrected chi connectivity index (χ2v) is 5.45. The molecule has 0 unspecified atom stereocenters. The smallest absolute Gasteiger partial charge is 0.0230 e. The van der Waals surface area contributed by atoms with Crippen LogP contribution in [0.25, 0.3) is 0 Å². The minimum atomic E-state index is 0.542. The summed E-state index contributed by atoms with van der Waals surface area (Å²) in [6.07, 6.45) is 2.55. The van der Waals surface area contributed by atoms with Crippen LogP contribution >= 0.6 is 0 Å². The first kappa shape index (κ1) is 15.2. The molecule has 0 amide bonds. The Morgan fingerprint density at radius 3 is 2.61 bits per heavy atom. The number of hydrogen-bond acceptors (Lipinski definition) is 2. The van der Waals surface area contributed by atoms with Crippen LogP contribution in [0.4, 0.5) is 0 Å². The highest BCUT2D eigenvalue weighted by atomic mass is 15.1. The van der Waals surface area contributed by atoms with Crippen molar-refractivity contribution >= 4 is 0 Å². The van der Waals surface area contributed by atoms with Crippen molar-refractivity contribution in [1.29, 1.82) is 0 Å². The Morgan fingerprint density at radius 1 is 1.22 bits per heavy atom. The summed E-state index contributed by atoms with van der Waals surface area (Å²) in [5.41, 5.74) is 2.79. The molecule has 0 aromatic heterocycles. The van der Waals surface area contributed by atoms with Crippen molar-refractivity contribution in [2.24, 2.45) is 0 Å². The third-order valence-corrected chi connectivity index (χ3v) is 3.05. The molecular weight excluding hydrogens is 220 g/mol. The lowest BCUT2D eigenvalue weighted by atomic mass is 10.1. The van der Waals surface area contributed by atoms with Crippen molar-refractivity contribution in [3.05, 3.63) is 35.4 Å². The van der Waals surface area contributed by atoms with Crippen LogP contribution in [0.1, 0.15) is 44.7 Å². The van der Waals surface area contributed by atoms with Crippen molar-refractivity contribution in [3.63, 3.8) is 0 Å². The fourth-order valence-corrected chi connectivity index (χ4v) is 1.98. The molecule has 0 heterocycles. The molecule has 1 aromatic carbocycles. The molecule has 18 heavy (non-hydrogen) atoms. The van der Waals surface area contributed by atoms with E-state index in [0.29, 0.717) is 6.04 Å². The van der Waals surface area contributed by atoms with E-state index in [9.17, 15) is 0 Å². The molecule has 0 saturated heterocycles. The summed E-state index contributed by atoms with van der Waals surface area (Å²) in [4.78, 5) is 2.40. The third-order valence-electron chi connectivity index (χ3n) is 3.05. The molecule has 2 nitrogen and oxygen atoms in total. The first-order valence-corrected chi connectivity index (χ1v) is 7.11. The standard InChI is InChI=1S/C16H28N2/c1-5-6-10-18(4)13-16-9-7-8-15(11-16)12-17-14(2)3/h7-9,11,14,17H,5-6,10,12-13H2,1-4H3. The summed E-state index contributed by atoms with van der Waals surface area (Å²) in [5, 5.41) is 3.46. The molecule has 2 heteroatoms. The summed E-state index contributed by atoms with van der Waals surface area (Å²) in [6, 6.07) is 9.45. The van der Waals surface area contributed by atoms with Gasteiger partial charge in [0.15, 0.2) is 0 Å². The van der Waals surface area contributed by atoms with Crippen molar-refractivity contribution < 1.29 is 0 Å². The highest BCUT2D eigenvalue weighted by Crippen LogP contribution is 2.08. The Kier molecular flexibility index (Phi) is 6.99. The molecule has 0 saturated carbocycles. The van der Waals surface area contributed by atoms with Crippen LogP contribution in [0.2, 0.25) is 0 Å². The average Bonchev–Trinajstić information content (AvgIpc) is 2.34. The lowest BCUT2D eigenvalue weighted by molar-refractivity contribution is 0.320. The molecule has 0 aliphatic carbocycles. The summed E-state index contributed by atoms with van der Waals surface area (Å²) >= 11 is 0. The van der Waals surface area contributed by atoms with Gasteiger partial charge in [0.2, 0.25) is 0 Å². The first-order chi connectivity index (χ1) is 8.61.